The second kappa shape index (κ2) is 20.6. The first-order chi connectivity index (χ1) is 32.6. The van der Waals surface area contributed by atoms with E-state index < -0.39 is 115 Å². The third kappa shape index (κ3) is 10.8. The number of amides is 2. The Kier molecular flexibility index (Phi) is 15.7. The van der Waals surface area contributed by atoms with E-state index >= 15 is 0 Å². The van der Waals surface area contributed by atoms with Crippen LogP contribution in [0.25, 0.3) is 11.3 Å². The minimum atomic E-state index is -5.48. The highest BCUT2D eigenvalue weighted by atomic mass is 32.2. The van der Waals surface area contributed by atoms with Crippen LogP contribution in [0.5, 0.6) is 35.0 Å². The second-order valence-corrected chi connectivity index (χ2v) is 16.6. The molecule has 70 heavy (non-hydrogen) atoms. The first-order valence-electron chi connectivity index (χ1n) is 18.7. The quantitative estimate of drug-likeness (QED) is 0.114. The average molecular weight is 1050 g/mol. The summed E-state index contributed by atoms with van der Waals surface area (Å²) in [5.41, 5.74) is -3.88. The Labute approximate surface area is 386 Å². The summed E-state index contributed by atoms with van der Waals surface area (Å²) < 4.78 is 218. The molecule has 2 aromatic carbocycles. The largest absolute Gasteiger partial charge is 0.491 e. The molecule has 6 aromatic rings. The molecule has 6 rings (SSSR count). The van der Waals surface area contributed by atoms with E-state index in [9.17, 15) is 70.3 Å². The number of benzene rings is 2. The maximum absolute atomic E-state index is 13.7. The van der Waals surface area contributed by atoms with Crippen LogP contribution >= 0.6 is 0 Å². The molecule has 0 unspecified atom stereocenters. The third-order valence-corrected chi connectivity index (χ3v) is 12.3. The van der Waals surface area contributed by atoms with Crippen molar-refractivity contribution >= 4 is 55.1 Å². The van der Waals surface area contributed by atoms with Crippen LogP contribution in [0.15, 0.2) is 58.6 Å². The number of nitrogens with zero attached hydrogens (tertiary/aromatic N) is 10. The molecular formula is C36H32F10N10O12S2. The monoisotopic (exact) mass is 1050 g/mol. The molecule has 4 aromatic heterocycles. The van der Waals surface area contributed by atoms with Gasteiger partial charge < -0.3 is 28.4 Å². The van der Waals surface area contributed by atoms with Gasteiger partial charge in [-0.25, -0.2) is 34.4 Å². The van der Waals surface area contributed by atoms with Gasteiger partial charge in [0, 0.05) is 13.8 Å². The predicted molar refractivity (Wildman–Crippen MR) is 214 cm³/mol. The van der Waals surface area contributed by atoms with E-state index in [0.29, 0.717) is 12.1 Å². The summed E-state index contributed by atoms with van der Waals surface area (Å²) in [5.74, 6) is -6.59. The third-order valence-electron chi connectivity index (χ3n) is 8.61. The number of sulfonamides is 2. The molecule has 0 fully saturated rings. The van der Waals surface area contributed by atoms with Gasteiger partial charge in [0.05, 0.1) is 52.0 Å². The van der Waals surface area contributed by atoms with Crippen LogP contribution in [-0.2, 0) is 42.0 Å². The number of halogens is 10. The molecule has 0 aliphatic carbocycles. The van der Waals surface area contributed by atoms with Crippen molar-refractivity contribution in [2.45, 2.75) is 48.8 Å². The zero-order chi connectivity index (χ0) is 52.3. The first-order valence-corrected chi connectivity index (χ1v) is 21.5. The highest BCUT2D eigenvalue weighted by molar-refractivity contribution is 7.94. The lowest BCUT2D eigenvalue weighted by molar-refractivity contribution is -0.140. The summed E-state index contributed by atoms with van der Waals surface area (Å²) in [4.78, 5) is 37.2. The van der Waals surface area contributed by atoms with E-state index in [1.54, 1.807) is 0 Å². The maximum atomic E-state index is 13.7. The summed E-state index contributed by atoms with van der Waals surface area (Å²) in [7, 11) is -6.12. The molecule has 0 aliphatic rings. The molecule has 34 heteroatoms. The zero-order valence-electron chi connectivity index (χ0n) is 36.2. The van der Waals surface area contributed by atoms with Gasteiger partial charge in [-0.05, 0) is 24.3 Å². The second-order valence-electron chi connectivity index (χ2n) is 13.2. The molecule has 22 nitrogen and oxygen atoms in total. The van der Waals surface area contributed by atoms with E-state index in [1.807, 2.05) is 0 Å². The molecular weight excluding hydrogens is 1020 g/mol. The van der Waals surface area contributed by atoms with Crippen LogP contribution in [-0.4, -0.2) is 122 Å². The van der Waals surface area contributed by atoms with Crippen LogP contribution in [0, 0.1) is 0 Å². The minimum Gasteiger partial charge on any atom is -0.491 e. The van der Waals surface area contributed by atoms with Gasteiger partial charge in [0.25, 0.3) is 44.8 Å². The first kappa shape index (κ1) is 53.4. The van der Waals surface area contributed by atoms with Crippen LogP contribution in [0.3, 0.4) is 0 Å². The van der Waals surface area contributed by atoms with E-state index in [-0.39, 0.29) is 43.4 Å². The van der Waals surface area contributed by atoms with E-state index in [0.717, 1.165) is 59.5 Å². The van der Waals surface area contributed by atoms with E-state index in [4.69, 9.17) is 18.9 Å². The summed E-state index contributed by atoms with van der Waals surface area (Å²) >= 11 is 0. The lowest BCUT2D eigenvalue weighted by Crippen LogP contribution is -2.37. The Morgan fingerprint density at radius 1 is 0.586 bits per heavy atom. The lowest BCUT2D eigenvalue weighted by atomic mass is 10.2. The lowest BCUT2D eigenvalue weighted by Gasteiger charge is -2.22. The van der Waals surface area contributed by atoms with Crippen LogP contribution in [0.1, 0.15) is 25.0 Å². The molecule has 0 radical (unpaired) electrons. The molecule has 0 bridgehead atoms. The van der Waals surface area contributed by atoms with Gasteiger partial charge >= 0.3 is 24.4 Å². The molecule has 0 atom stereocenters. The van der Waals surface area contributed by atoms with Gasteiger partial charge in [-0.2, -0.15) is 63.9 Å². The standard InChI is InChI=1S/2C18H16F5N5O6S/c2*1-9(29)28(16-25-15-12(32-2)7-24-17(33-3)27(15)26-16)35(30,31)14-10(18(21,22)23)5-4-6-11(14)34-8-13(19)20/h2*4-7,13H,8H2,1-3H3. The molecule has 380 valence electrons. The number of anilines is 2. The van der Waals surface area contributed by atoms with E-state index in [2.05, 4.69) is 39.6 Å². The molecule has 2 amide bonds. The topological polar surface area (TPSA) is 250 Å². The normalized spacial score (nSPS) is 12.1. The fraction of sp³-hybridized carbons (Fsp3) is 0.333. The maximum Gasteiger partial charge on any atom is 0.417 e. The number of methoxy groups -OCH3 is 4. The van der Waals surface area contributed by atoms with Crippen molar-refractivity contribution in [2.75, 3.05) is 50.3 Å². The Morgan fingerprint density at radius 3 is 1.20 bits per heavy atom. The summed E-state index contributed by atoms with van der Waals surface area (Å²) in [6, 6.07) is 3.37. The summed E-state index contributed by atoms with van der Waals surface area (Å²) in [5, 5.41) is 7.65. The number of carbonyl (C=O) groups excluding carboxylic acids is 2. The molecule has 0 saturated heterocycles. The number of ether oxygens (including phenoxy) is 6. The van der Waals surface area contributed by atoms with E-state index in [1.165, 1.54) is 28.4 Å². The minimum absolute atomic E-state index is 0.0397. The zero-order valence-corrected chi connectivity index (χ0v) is 37.8. The number of alkyl halides is 10. The Bertz CT molecular complexity index is 2850. The van der Waals surface area contributed by atoms with Gasteiger partial charge in [-0.1, -0.05) is 12.1 Å². The van der Waals surface area contributed by atoms with Crippen molar-refractivity contribution in [1.82, 2.24) is 39.2 Å². The van der Waals surface area contributed by atoms with Crippen molar-refractivity contribution in [3.05, 3.63) is 59.9 Å². The van der Waals surface area contributed by atoms with Crippen molar-refractivity contribution in [1.29, 1.82) is 0 Å². The molecule has 4 heterocycles. The summed E-state index contributed by atoms with van der Waals surface area (Å²) in [6.45, 7) is -1.36. The van der Waals surface area contributed by atoms with Crippen molar-refractivity contribution in [3.8, 4) is 35.0 Å². The smallest absolute Gasteiger partial charge is 0.417 e. The van der Waals surface area contributed by atoms with Crippen molar-refractivity contribution < 1.29 is 98.7 Å². The number of hydrogen-bond donors (Lipinski definition) is 0. The molecule has 0 N–H and O–H groups in total. The van der Waals surface area contributed by atoms with Crippen LogP contribution < -0.4 is 37.0 Å². The van der Waals surface area contributed by atoms with Gasteiger partial charge in [0.2, 0.25) is 23.1 Å². The Morgan fingerprint density at radius 2 is 0.929 bits per heavy atom. The van der Waals surface area contributed by atoms with Gasteiger partial charge in [-0.3, -0.25) is 9.59 Å². The number of fused-ring (bicyclic) bond motifs is 2. The number of aromatic nitrogens is 8. The molecule has 0 aliphatic heterocycles. The van der Waals surface area contributed by atoms with Crippen molar-refractivity contribution in [2.24, 2.45) is 0 Å². The highest BCUT2D eigenvalue weighted by Crippen LogP contribution is 2.43. The van der Waals surface area contributed by atoms with Crippen LogP contribution in [0.4, 0.5) is 55.8 Å². The summed E-state index contributed by atoms with van der Waals surface area (Å²) in [6.07, 6.45) is -14.5. The predicted octanol–water partition coefficient (Wildman–Crippen LogP) is 5.09. The highest BCUT2D eigenvalue weighted by Gasteiger charge is 2.46. The number of carbonyl (C=O) groups is 2. The number of hydrogen-bond acceptors (Lipinski definition) is 18. The molecule has 0 saturated carbocycles. The van der Waals surface area contributed by atoms with Crippen LogP contribution in [0.2, 0.25) is 0 Å². The Balaban J connectivity index is 0.000000261. The van der Waals surface area contributed by atoms with Gasteiger partial charge in [0.15, 0.2) is 11.5 Å². The van der Waals surface area contributed by atoms with Gasteiger partial charge in [0.1, 0.15) is 34.5 Å². The fourth-order valence-corrected chi connectivity index (χ4v) is 9.25. The van der Waals surface area contributed by atoms with Gasteiger partial charge in [-0.15, -0.1) is 10.2 Å². The molecule has 0 spiro atoms. The number of rotatable bonds is 16. The Hall–Kier alpha value is -7.52. The van der Waals surface area contributed by atoms with Crippen molar-refractivity contribution in [3.63, 3.8) is 0 Å². The average Bonchev–Trinajstić information content (AvgIpc) is 3.91. The fourth-order valence-electron chi connectivity index (χ4n) is 5.94. The SMILES string of the molecule is COc1cnc(OC)n2nc(N(C(C)=O)S(=O)(=O)c3c(OCC(F)F)cccc3C(F)(F)F)nc12.COc1cnc(OC)n2nc(N(C(C)=O)S(=O)(=O)c3c(OCC(F)F)cccc3C(F)(F)F)nc12.